The second-order valence-electron chi connectivity index (χ2n) is 4.33. The summed E-state index contributed by atoms with van der Waals surface area (Å²) in [6, 6.07) is 0. The number of hydrogen-bond donors (Lipinski definition) is 1. The van der Waals surface area contributed by atoms with Crippen molar-refractivity contribution in [1.82, 2.24) is 9.78 Å². The monoisotopic (exact) mass is 204 g/mol. The molecule has 0 fully saturated rings. The second kappa shape index (κ2) is 3.53. The lowest BCUT2D eigenvalue weighted by Crippen LogP contribution is -2.20. The Bertz CT molecular complexity index is 412. The summed E-state index contributed by atoms with van der Waals surface area (Å²) < 4.78 is 1.84. The number of nitrogens with one attached hydrogen (secondary N) is 1. The predicted molar refractivity (Wildman–Crippen MR) is 63.2 cm³/mol. The number of nitrogens with zero attached hydrogens (tertiary/aromatic N) is 3. The van der Waals surface area contributed by atoms with Gasteiger partial charge in [0.2, 0.25) is 0 Å². The van der Waals surface area contributed by atoms with E-state index in [4.69, 9.17) is 0 Å². The van der Waals surface area contributed by atoms with Gasteiger partial charge < -0.3 is 5.32 Å². The molecular weight excluding hydrogens is 188 g/mol. The van der Waals surface area contributed by atoms with E-state index < -0.39 is 0 Å². The van der Waals surface area contributed by atoms with Gasteiger partial charge in [-0.2, -0.15) is 5.10 Å². The molecule has 1 N–H and O–H groups in total. The smallest absolute Gasteiger partial charge is 0.0785 e. The zero-order valence-electron chi connectivity index (χ0n) is 9.36. The molecule has 0 radical (unpaired) electrons. The highest BCUT2D eigenvalue weighted by Crippen LogP contribution is 2.22. The molecule has 2 heterocycles. The van der Waals surface area contributed by atoms with Crippen LogP contribution in [-0.4, -0.2) is 28.6 Å². The minimum Gasteiger partial charge on any atom is -0.386 e. The minimum atomic E-state index is 0.0302. The summed E-state index contributed by atoms with van der Waals surface area (Å²) in [5, 5.41) is 7.30. The van der Waals surface area contributed by atoms with Crippen LogP contribution >= 0.6 is 0 Å². The van der Waals surface area contributed by atoms with Crippen LogP contribution in [0, 0.1) is 0 Å². The van der Waals surface area contributed by atoms with Crippen molar-refractivity contribution in [3.63, 3.8) is 0 Å². The first-order valence-electron chi connectivity index (χ1n) is 5.09. The number of allylic oxidation sites excluding steroid dienone is 1. The molecule has 0 unspecified atom stereocenters. The van der Waals surface area contributed by atoms with Crippen molar-refractivity contribution in [2.45, 2.75) is 25.8 Å². The standard InChI is InChI=1S/C11H16N4/c1-11(2)5-4-10(7-13-11)15-8-9(12-3)6-14-15/h4,6-8,12H,5H2,1-3H3. The Balaban J connectivity index is 2.20. The van der Waals surface area contributed by atoms with Crippen LogP contribution in [0.3, 0.4) is 0 Å². The summed E-state index contributed by atoms with van der Waals surface area (Å²) in [6.45, 7) is 4.25. The number of aromatic nitrogens is 2. The highest BCUT2D eigenvalue weighted by atomic mass is 15.3. The zero-order chi connectivity index (χ0) is 10.9. The van der Waals surface area contributed by atoms with Gasteiger partial charge in [0.15, 0.2) is 0 Å². The van der Waals surface area contributed by atoms with Gasteiger partial charge in [0, 0.05) is 13.3 Å². The lowest BCUT2D eigenvalue weighted by molar-refractivity contribution is 0.529. The van der Waals surface area contributed by atoms with Gasteiger partial charge in [-0.15, -0.1) is 0 Å². The van der Waals surface area contributed by atoms with Gasteiger partial charge in [-0.05, 0) is 20.3 Å². The quantitative estimate of drug-likeness (QED) is 0.800. The van der Waals surface area contributed by atoms with Gasteiger partial charge in [-0.1, -0.05) is 6.08 Å². The SMILES string of the molecule is CNc1cnn(C2=CCC(C)(C)N=C2)c1. The molecular formula is C11H16N4. The third-order valence-electron chi connectivity index (χ3n) is 2.49. The molecule has 0 bridgehead atoms. The normalized spacial score (nSPS) is 18.7. The van der Waals surface area contributed by atoms with E-state index in [0.29, 0.717) is 0 Å². The molecule has 0 saturated carbocycles. The largest absolute Gasteiger partial charge is 0.386 e. The molecule has 15 heavy (non-hydrogen) atoms. The van der Waals surface area contributed by atoms with E-state index in [0.717, 1.165) is 17.8 Å². The van der Waals surface area contributed by atoms with Crippen molar-refractivity contribution in [1.29, 1.82) is 0 Å². The van der Waals surface area contributed by atoms with Crippen molar-refractivity contribution in [2.24, 2.45) is 4.99 Å². The van der Waals surface area contributed by atoms with Crippen LogP contribution in [0.15, 0.2) is 23.5 Å². The lowest BCUT2D eigenvalue weighted by Gasteiger charge is -2.21. The Hall–Kier alpha value is -1.58. The maximum Gasteiger partial charge on any atom is 0.0785 e. The van der Waals surface area contributed by atoms with E-state index in [9.17, 15) is 0 Å². The van der Waals surface area contributed by atoms with Crippen LogP contribution in [0.25, 0.3) is 5.70 Å². The molecule has 1 aliphatic heterocycles. The summed E-state index contributed by atoms with van der Waals surface area (Å²) in [5.74, 6) is 0. The average Bonchev–Trinajstić information content (AvgIpc) is 2.66. The van der Waals surface area contributed by atoms with Crippen LogP contribution in [-0.2, 0) is 0 Å². The van der Waals surface area contributed by atoms with Gasteiger partial charge in [0.1, 0.15) is 0 Å². The first kappa shape index (κ1) is 9.96. The van der Waals surface area contributed by atoms with E-state index in [1.165, 1.54) is 0 Å². The van der Waals surface area contributed by atoms with Crippen LogP contribution in [0.5, 0.6) is 0 Å². The number of hydrogen-bond acceptors (Lipinski definition) is 3. The van der Waals surface area contributed by atoms with E-state index in [1.54, 1.807) is 6.20 Å². The van der Waals surface area contributed by atoms with Crippen molar-refractivity contribution in [2.75, 3.05) is 12.4 Å². The topological polar surface area (TPSA) is 42.2 Å². The average molecular weight is 204 g/mol. The van der Waals surface area contributed by atoms with Gasteiger partial charge in [0.05, 0.1) is 29.3 Å². The molecule has 0 atom stereocenters. The Morgan fingerprint density at radius 2 is 2.27 bits per heavy atom. The van der Waals surface area contributed by atoms with Crippen molar-refractivity contribution >= 4 is 17.6 Å². The molecule has 0 aromatic carbocycles. The molecule has 0 spiro atoms. The van der Waals surface area contributed by atoms with E-state index >= 15 is 0 Å². The second-order valence-corrected chi connectivity index (χ2v) is 4.33. The number of rotatable bonds is 2. The van der Waals surface area contributed by atoms with Gasteiger partial charge in [-0.25, -0.2) is 4.68 Å². The van der Waals surface area contributed by atoms with E-state index in [-0.39, 0.29) is 5.54 Å². The van der Waals surface area contributed by atoms with Crippen molar-refractivity contribution in [3.05, 3.63) is 18.5 Å². The van der Waals surface area contributed by atoms with Crippen molar-refractivity contribution in [3.8, 4) is 0 Å². The maximum atomic E-state index is 4.48. The highest BCUT2D eigenvalue weighted by Gasteiger charge is 2.18. The van der Waals surface area contributed by atoms with E-state index in [2.05, 4.69) is 35.3 Å². The summed E-state index contributed by atoms with van der Waals surface area (Å²) >= 11 is 0. The maximum absolute atomic E-state index is 4.48. The van der Waals surface area contributed by atoms with Crippen LogP contribution in [0.1, 0.15) is 20.3 Å². The molecule has 80 valence electrons. The predicted octanol–water partition coefficient (Wildman–Crippen LogP) is 2.02. The van der Waals surface area contributed by atoms with Gasteiger partial charge in [-0.3, -0.25) is 4.99 Å². The Morgan fingerprint density at radius 3 is 2.80 bits per heavy atom. The summed E-state index contributed by atoms with van der Waals surface area (Å²) in [5.41, 5.74) is 2.08. The number of anilines is 1. The van der Waals surface area contributed by atoms with Crippen LogP contribution in [0.2, 0.25) is 0 Å². The molecule has 0 saturated heterocycles. The zero-order valence-corrected chi connectivity index (χ0v) is 9.36. The van der Waals surface area contributed by atoms with Crippen LogP contribution in [0.4, 0.5) is 5.69 Å². The lowest BCUT2D eigenvalue weighted by atomic mass is 9.99. The number of dihydropyridines is 1. The summed E-state index contributed by atoms with van der Waals surface area (Å²) in [6.07, 6.45) is 8.76. The third-order valence-corrected chi connectivity index (χ3v) is 2.49. The fourth-order valence-electron chi connectivity index (χ4n) is 1.45. The molecule has 0 amide bonds. The summed E-state index contributed by atoms with van der Waals surface area (Å²) in [7, 11) is 1.88. The van der Waals surface area contributed by atoms with Crippen molar-refractivity contribution < 1.29 is 0 Å². The first-order valence-corrected chi connectivity index (χ1v) is 5.09. The molecule has 1 aromatic rings. The van der Waals surface area contributed by atoms with E-state index in [1.807, 2.05) is 24.1 Å². The fraction of sp³-hybridized carbons (Fsp3) is 0.455. The van der Waals surface area contributed by atoms with Gasteiger partial charge >= 0.3 is 0 Å². The Kier molecular flexibility index (Phi) is 2.34. The molecule has 4 heteroatoms. The number of aliphatic imine (C=N–C) groups is 1. The molecule has 1 aliphatic rings. The molecule has 2 rings (SSSR count). The summed E-state index contributed by atoms with van der Waals surface area (Å²) in [4.78, 5) is 4.48. The highest BCUT2D eigenvalue weighted by molar-refractivity contribution is 6.02. The fourth-order valence-corrected chi connectivity index (χ4v) is 1.45. The minimum absolute atomic E-state index is 0.0302. The molecule has 0 aliphatic carbocycles. The van der Waals surface area contributed by atoms with Crippen LogP contribution < -0.4 is 5.32 Å². The Morgan fingerprint density at radius 1 is 1.47 bits per heavy atom. The molecule has 4 nitrogen and oxygen atoms in total. The first-order chi connectivity index (χ1) is 7.11. The molecule has 1 aromatic heterocycles. The Labute approximate surface area is 89.7 Å². The third kappa shape index (κ3) is 2.09. The van der Waals surface area contributed by atoms with Gasteiger partial charge in [0.25, 0.3) is 0 Å².